The zero-order chi connectivity index (χ0) is 18.8. The molecule has 0 spiro atoms. The van der Waals surface area contributed by atoms with Crippen LogP contribution in [0.4, 0.5) is 0 Å². The zero-order valence-electron chi connectivity index (χ0n) is 14.8. The van der Waals surface area contributed by atoms with Crippen LogP contribution >= 0.6 is 11.3 Å². The topological polar surface area (TPSA) is 84.5 Å². The number of carbonyl (C=O) groups is 1. The fraction of sp³-hybridized carbons (Fsp3) is 0.316. The van der Waals surface area contributed by atoms with E-state index in [4.69, 9.17) is 9.47 Å². The van der Waals surface area contributed by atoms with Crippen LogP contribution in [0, 0.1) is 0 Å². The predicted molar refractivity (Wildman–Crippen MR) is 103 cm³/mol. The van der Waals surface area contributed by atoms with Crippen LogP contribution in [0.15, 0.2) is 41.3 Å². The molecule has 1 aliphatic heterocycles. The first-order valence-corrected chi connectivity index (χ1v) is 9.53. The number of fused-ring (bicyclic) bond motifs is 1. The summed E-state index contributed by atoms with van der Waals surface area (Å²) in [6.07, 6.45) is 2.98. The van der Waals surface area contributed by atoms with Gasteiger partial charge in [0.15, 0.2) is 0 Å². The van der Waals surface area contributed by atoms with Crippen molar-refractivity contribution in [3.05, 3.63) is 52.4 Å². The van der Waals surface area contributed by atoms with Gasteiger partial charge in [-0.25, -0.2) is 4.98 Å². The van der Waals surface area contributed by atoms with Gasteiger partial charge in [0.1, 0.15) is 11.9 Å². The van der Waals surface area contributed by atoms with Crippen molar-refractivity contribution in [3.8, 4) is 10.9 Å². The Labute approximate surface area is 159 Å². The average molecular weight is 385 g/mol. The molecule has 1 aromatic carbocycles. The predicted octanol–water partition coefficient (Wildman–Crippen LogP) is 2.68. The quantitative estimate of drug-likeness (QED) is 0.746. The number of ether oxygens (including phenoxy) is 2. The second-order valence-corrected chi connectivity index (χ2v) is 7.36. The molecular formula is C19H19N3O4S. The molecule has 0 atom stereocenters. The van der Waals surface area contributed by atoms with E-state index < -0.39 is 0 Å². The molecule has 1 saturated heterocycles. The van der Waals surface area contributed by atoms with E-state index in [1.807, 2.05) is 18.2 Å². The molecule has 3 heterocycles. The molecule has 0 saturated carbocycles. The van der Waals surface area contributed by atoms with Crippen LogP contribution in [0.25, 0.3) is 10.2 Å². The van der Waals surface area contributed by atoms with Crippen molar-refractivity contribution < 1.29 is 14.3 Å². The molecule has 27 heavy (non-hydrogen) atoms. The van der Waals surface area contributed by atoms with Gasteiger partial charge in [-0.15, -0.1) is 0 Å². The van der Waals surface area contributed by atoms with Crippen molar-refractivity contribution in [2.45, 2.75) is 18.9 Å². The van der Waals surface area contributed by atoms with Gasteiger partial charge in [0.05, 0.1) is 22.9 Å². The SMILES string of the molecule is COc1ccc2sc(OC3CCN(C(=O)c4ccc(=O)[nH]c4)CC3)nc2c1. The Morgan fingerprint density at radius 1 is 1.26 bits per heavy atom. The lowest BCUT2D eigenvalue weighted by molar-refractivity contribution is 0.0595. The highest BCUT2D eigenvalue weighted by atomic mass is 32.1. The Bertz CT molecular complexity index is 1000. The molecule has 8 heteroatoms. The summed E-state index contributed by atoms with van der Waals surface area (Å²) < 4.78 is 12.3. The minimum atomic E-state index is -0.216. The minimum Gasteiger partial charge on any atom is -0.497 e. The summed E-state index contributed by atoms with van der Waals surface area (Å²) in [6, 6.07) is 8.70. The number of aromatic amines is 1. The van der Waals surface area contributed by atoms with Gasteiger partial charge in [-0.1, -0.05) is 11.3 Å². The van der Waals surface area contributed by atoms with Gasteiger partial charge in [-0.3, -0.25) is 9.59 Å². The first-order chi connectivity index (χ1) is 13.1. The van der Waals surface area contributed by atoms with E-state index in [9.17, 15) is 9.59 Å². The van der Waals surface area contributed by atoms with Crippen molar-refractivity contribution in [1.29, 1.82) is 0 Å². The third-order valence-electron chi connectivity index (χ3n) is 4.60. The zero-order valence-corrected chi connectivity index (χ0v) is 15.6. The number of methoxy groups -OCH3 is 1. The van der Waals surface area contributed by atoms with E-state index in [0.29, 0.717) is 23.8 Å². The second kappa shape index (κ2) is 7.40. The van der Waals surface area contributed by atoms with Crippen LogP contribution < -0.4 is 15.0 Å². The highest BCUT2D eigenvalue weighted by Gasteiger charge is 2.25. The van der Waals surface area contributed by atoms with Crippen molar-refractivity contribution in [2.24, 2.45) is 0 Å². The van der Waals surface area contributed by atoms with Crippen LogP contribution in [-0.2, 0) is 0 Å². The Balaban J connectivity index is 1.37. The molecule has 4 rings (SSSR count). The van der Waals surface area contributed by atoms with Crippen molar-refractivity contribution in [1.82, 2.24) is 14.9 Å². The molecular weight excluding hydrogens is 366 g/mol. The Hall–Kier alpha value is -2.87. The number of likely N-dealkylation sites (tertiary alicyclic amines) is 1. The smallest absolute Gasteiger partial charge is 0.274 e. The summed E-state index contributed by atoms with van der Waals surface area (Å²) in [6.45, 7) is 1.22. The lowest BCUT2D eigenvalue weighted by Crippen LogP contribution is -2.41. The Kier molecular flexibility index (Phi) is 4.81. The number of aromatic nitrogens is 2. The van der Waals surface area contributed by atoms with Gasteiger partial charge < -0.3 is 19.4 Å². The number of piperidine rings is 1. The number of benzene rings is 1. The van der Waals surface area contributed by atoms with Gasteiger partial charge >= 0.3 is 0 Å². The molecule has 0 unspecified atom stereocenters. The standard InChI is InChI=1S/C19H19N3O4S/c1-25-14-3-4-16-15(10-14)21-19(27-16)26-13-6-8-22(9-7-13)18(24)12-2-5-17(23)20-11-12/h2-5,10-11,13H,6-9H2,1H3,(H,20,23). The summed E-state index contributed by atoms with van der Waals surface area (Å²) in [4.78, 5) is 32.5. The number of thiazole rings is 1. The number of hydrogen-bond acceptors (Lipinski definition) is 6. The summed E-state index contributed by atoms with van der Waals surface area (Å²) in [5.74, 6) is 0.699. The van der Waals surface area contributed by atoms with Gasteiger partial charge in [-0.05, 0) is 18.2 Å². The molecule has 7 nitrogen and oxygen atoms in total. The fourth-order valence-electron chi connectivity index (χ4n) is 3.11. The van der Waals surface area contributed by atoms with Crippen LogP contribution in [0.2, 0.25) is 0 Å². The first kappa shape index (κ1) is 17.5. The third-order valence-corrected chi connectivity index (χ3v) is 5.53. The number of hydrogen-bond donors (Lipinski definition) is 1. The average Bonchev–Trinajstić information content (AvgIpc) is 3.10. The normalized spacial score (nSPS) is 15.1. The van der Waals surface area contributed by atoms with Gasteiger partial charge in [0.2, 0.25) is 5.56 Å². The van der Waals surface area contributed by atoms with E-state index in [-0.39, 0.29) is 17.6 Å². The van der Waals surface area contributed by atoms with E-state index in [1.54, 1.807) is 18.1 Å². The monoisotopic (exact) mass is 385 g/mol. The van der Waals surface area contributed by atoms with Crippen LogP contribution in [-0.4, -0.2) is 47.1 Å². The largest absolute Gasteiger partial charge is 0.497 e. The van der Waals surface area contributed by atoms with Crippen molar-refractivity contribution >= 4 is 27.5 Å². The van der Waals surface area contributed by atoms with Crippen LogP contribution in [0.1, 0.15) is 23.2 Å². The van der Waals surface area contributed by atoms with Crippen LogP contribution in [0.3, 0.4) is 0 Å². The van der Waals surface area contributed by atoms with E-state index in [2.05, 4.69) is 9.97 Å². The summed E-state index contributed by atoms with van der Waals surface area (Å²) in [5.41, 5.74) is 1.14. The van der Waals surface area contributed by atoms with Crippen molar-refractivity contribution in [2.75, 3.05) is 20.2 Å². The fourth-order valence-corrected chi connectivity index (χ4v) is 3.97. The van der Waals surface area contributed by atoms with Crippen LogP contribution in [0.5, 0.6) is 10.9 Å². The maximum absolute atomic E-state index is 12.5. The molecule has 3 aromatic rings. The van der Waals surface area contributed by atoms with E-state index in [1.165, 1.54) is 23.6 Å². The Morgan fingerprint density at radius 2 is 2.07 bits per heavy atom. The number of nitrogens with one attached hydrogen (secondary N) is 1. The number of carbonyl (C=O) groups excluding carboxylic acids is 1. The van der Waals surface area contributed by atoms with Gasteiger partial charge in [0, 0.05) is 44.3 Å². The molecule has 1 aliphatic rings. The maximum atomic E-state index is 12.5. The summed E-state index contributed by atoms with van der Waals surface area (Å²) >= 11 is 1.51. The lowest BCUT2D eigenvalue weighted by Gasteiger charge is -2.31. The molecule has 0 bridgehead atoms. The summed E-state index contributed by atoms with van der Waals surface area (Å²) in [7, 11) is 1.63. The highest BCUT2D eigenvalue weighted by Crippen LogP contribution is 2.32. The number of pyridine rings is 1. The summed E-state index contributed by atoms with van der Waals surface area (Å²) in [5, 5.41) is 0.642. The van der Waals surface area contributed by atoms with Gasteiger partial charge in [-0.2, -0.15) is 0 Å². The van der Waals surface area contributed by atoms with E-state index >= 15 is 0 Å². The molecule has 2 aromatic heterocycles. The molecule has 1 N–H and O–H groups in total. The molecule has 1 amide bonds. The first-order valence-electron chi connectivity index (χ1n) is 8.71. The third kappa shape index (κ3) is 3.80. The Morgan fingerprint density at radius 3 is 2.78 bits per heavy atom. The van der Waals surface area contributed by atoms with Gasteiger partial charge in [0.25, 0.3) is 11.1 Å². The number of H-pyrrole nitrogens is 1. The number of nitrogens with zero attached hydrogens (tertiary/aromatic N) is 2. The minimum absolute atomic E-state index is 0.0343. The molecule has 1 fully saturated rings. The number of amides is 1. The maximum Gasteiger partial charge on any atom is 0.274 e. The molecule has 0 radical (unpaired) electrons. The van der Waals surface area contributed by atoms with Crippen molar-refractivity contribution in [3.63, 3.8) is 0 Å². The lowest BCUT2D eigenvalue weighted by atomic mass is 10.1. The van der Waals surface area contributed by atoms with E-state index in [0.717, 1.165) is 28.8 Å². The molecule has 140 valence electrons. The second-order valence-electron chi connectivity index (χ2n) is 6.36. The highest BCUT2D eigenvalue weighted by molar-refractivity contribution is 7.20. The number of rotatable bonds is 4. The molecule has 0 aliphatic carbocycles.